The second-order valence-electron chi connectivity index (χ2n) is 5.39. The van der Waals surface area contributed by atoms with Crippen molar-refractivity contribution in [2.24, 2.45) is 4.99 Å². The molecule has 1 aliphatic rings. The molecule has 0 saturated heterocycles. The Hall–Kier alpha value is -2.09. The zero-order valence-corrected chi connectivity index (χ0v) is 16.5. The number of ketones is 1. The van der Waals surface area contributed by atoms with Crippen LogP contribution in [0.25, 0.3) is 6.08 Å². The number of aliphatic imine (C=N–C) groups is 1. The normalized spacial score (nSPS) is 15.5. The van der Waals surface area contributed by atoms with Crippen LogP contribution in [0.15, 0.2) is 46.4 Å². The molecular weight excluding hydrogens is 392 g/mol. The maximum atomic E-state index is 12.9. The van der Waals surface area contributed by atoms with Crippen LogP contribution in [0.4, 0.5) is 5.69 Å². The minimum Gasteiger partial charge on any atom is -0.495 e. The highest BCUT2D eigenvalue weighted by Gasteiger charge is 2.32. The zero-order valence-electron chi connectivity index (χ0n) is 14.1. The SMILES string of the molecule is COc1ccc(N2C(=O)/C(=C\c3cccs3)N=C2SCC(C)=O)cc1Cl. The summed E-state index contributed by atoms with van der Waals surface area (Å²) in [6.45, 7) is 1.50. The van der Waals surface area contributed by atoms with E-state index >= 15 is 0 Å². The number of nitrogens with zero attached hydrogens (tertiary/aromatic N) is 2. The number of carbonyl (C=O) groups is 2. The lowest BCUT2D eigenvalue weighted by molar-refractivity contribution is -0.115. The number of Topliss-reactive ketones (excluding diaryl/α,β-unsaturated/α-hetero) is 1. The molecule has 0 saturated carbocycles. The van der Waals surface area contributed by atoms with Crippen LogP contribution in [0.2, 0.25) is 5.02 Å². The van der Waals surface area contributed by atoms with Crippen LogP contribution in [0.3, 0.4) is 0 Å². The number of methoxy groups -OCH3 is 1. The van der Waals surface area contributed by atoms with Crippen molar-refractivity contribution in [3.8, 4) is 5.75 Å². The quantitative estimate of drug-likeness (QED) is 0.687. The number of amides is 1. The fourth-order valence-electron chi connectivity index (χ4n) is 2.29. The predicted octanol–water partition coefficient (Wildman–Crippen LogP) is 4.48. The van der Waals surface area contributed by atoms with Crippen LogP contribution >= 0.6 is 34.7 Å². The Bertz CT molecular complexity index is 907. The number of benzene rings is 1. The van der Waals surface area contributed by atoms with Crippen molar-refractivity contribution < 1.29 is 14.3 Å². The molecule has 0 unspecified atom stereocenters. The number of thioether (sulfide) groups is 1. The Kier molecular flexibility index (Phi) is 5.80. The number of anilines is 1. The molecule has 134 valence electrons. The van der Waals surface area contributed by atoms with E-state index in [1.54, 1.807) is 24.3 Å². The molecule has 1 aliphatic heterocycles. The Labute approximate surface area is 164 Å². The predicted molar refractivity (Wildman–Crippen MR) is 108 cm³/mol. The topological polar surface area (TPSA) is 59.0 Å². The highest BCUT2D eigenvalue weighted by Crippen LogP contribution is 2.34. The first-order valence-corrected chi connectivity index (χ1v) is 9.88. The van der Waals surface area contributed by atoms with Crippen LogP contribution in [0, 0.1) is 0 Å². The molecule has 8 heteroatoms. The van der Waals surface area contributed by atoms with E-state index in [1.165, 1.54) is 42.0 Å². The van der Waals surface area contributed by atoms with Crippen LogP contribution in [0.5, 0.6) is 5.75 Å². The fourth-order valence-corrected chi connectivity index (χ4v) is 4.01. The molecule has 1 aromatic heterocycles. The van der Waals surface area contributed by atoms with Gasteiger partial charge in [0.05, 0.1) is 23.6 Å². The number of rotatable bonds is 5. The maximum absolute atomic E-state index is 12.9. The molecule has 1 amide bonds. The Morgan fingerprint density at radius 3 is 2.85 bits per heavy atom. The van der Waals surface area contributed by atoms with Gasteiger partial charge in [0.15, 0.2) is 5.17 Å². The summed E-state index contributed by atoms with van der Waals surface area (Å²) in [5.41, 5.74) is 0.899. The average Bonchev–Trinajstić information content (AvgIpc) is 3.22. The lowest BCUT2D eigenvalue weighted by Crippen LogP contribution is -2.30. The molecule has 2 heterocycles. The monoisotopic (exact) mass is 406 g/mol. The Morgan fingerprint density at radius 2 is 2.23 bits per heavy atom. The van der Waals surface area contributed by atoms with E-state index in [2.05, 4.69) is 4.99 Å². The van der Waals surface area contributed by atoms with E-state index in [0.29, 0.717) is 27.3 Å². The Morgan fingerprint density at radius 1 is 1.42 bits per heavy atom. The highest BCUT2D eigenvalue weighted by atomic mass is 35.5. The molecule has 0 N–H and O–H groups in total. The number of thiophene rings is 1. The molecule has 0 atom stereocenters. The Balaban J connectivity index is 1.98. The third kappa shape index (κ3) is 4.00. The first-order valence-electron chi connectivity index (χ1n) is 7.63. The molecule has 0 spiro atoms. The first-order chi connectivity index (χ1) is 12.5. The largest absolute Gasteiger partial charge is 0.495 e. The van der Waals surface area contributed by atoms with Gasteiger partial charge >= 0.3 is 0 Å². The van der Waals surface area contributed by atoms with Gasteiger partial charge in [-0.05, 0) is 42.6 Å². The molecule has 0 aliphatic carbocycles. The van der Waals surface area contributed by atoms with Crippen LogP contribution < -0.4 is 9.64 Å². The van der Waals surface area contributed by atoms with Crippen LogP contribution in [0.1, 0.15) is 11.8 Å². The van der Waals surface area contributed by atoms with Crippen molar-refractivity contribution in [1.82, 2.24) is 0 Å². The molecule has 0 fully saturated rings. The van der Waals surface area contributed by atoms with Gasteiger partial charge in [0.1, 0.15) is 17.2 Å². The number of hydrogen-bond acceptors (Lipinski definition) is 6. The van der Waals surface area contributed by atoms with Crippen molar-refractivity contribution in [2.45, 2.75) is 6.92 Å². The summed E-state index contributed by atoms with van der Waals surface area (Å²) >= 11 is 8.95. The van der Waals surface area contributed by atoms with Crippen molar-refractivity contribution in [3.63, 3.8) is 0 Å². The van der Waals surface area contributed by atoms with E-state index in [4.69, 9.17) is 16.3 Å². The standard InChI is InChI=1S/C18H15ClN2O3S2/c1-11(22)10-26-18-20-15(9-13-4-3-7-25-13)17(23)21(18)12-5-6-16(24-2)14(19)8-12/h3-9H,10H2,1-2H3/b15-9+. The lowest BCUT2D eigenvalue weighted by atomic mass is 10.2. The van der Waals surface area contributed by atoms with Gasteiger partial charge in [-0.2, -0.15) is 0 Å². The second-order valence-corrected chi connectivity index (χ2v) is 7.72. The number of carbonyl (C=O) groups excluding carboxylic acids is 2. The molecule has 26 heavy (non-hydrogen) atoms. The van der Waals surface area contributed by atoms with Gasteiger partial charge in [-0.15, -0.1) is 11.3 Å². The maximum Gasteiger partial charge on any atom is 0.283 e. The van der Waals surface area contributed by atoms with Crippen molar-refractivity contribution in [2.75, 3.05) is 17.8 Å². The summed E-state index contributed by atoms with van der Waals surface area (Å²) in [5.74, 6) is 0.504. The molecule has 0 bridgehead atoms. The van der Waals surface area contributed by atoms with E-state index in [9.17, 15) is 9.59 Å². The van der Waals surface area contributed by atoms with Crippen LogP contribution in [-0.4, -0.2) is 29.7 Å². The third-order valence-corrected chi connectivity index (χ3v) is 5.65. The van der Waals surface area contributed by atoms with Crippen LogP contribution in [-0.2, 0) is 9.59 Å². The van der Waals surface area contributed by atoms with Crippen molar-refractivity contribution in [3.05, 3.63) is 51.3 Å². The lowest BCUT2D eigenvalue weighted by Gasteiger charge is -2.18. The summed E-state index contributed by atoms with van der Waals surface area (Å²) in [6.07, 6.45) is 1.74. The molecule has 2 aromatic rings. The van der Waals surface area contributed by atoms with Gasteiger partial charge in [-0.25, -0.2) is 4.99 Å². The summed E-state index contributed by atoms with van der Waals surface area (Å²) in [5, 5.41) is 2.78. The van der Waals surface area contributed by atoms with Crippen molar-refractivity contribution in [1.29, 1.82) is 0 Å². The molecule has 0 radical (unpaired) electrons. The number of amidine groups is 1. The van der Waals surface area contributed by atoms with E-state index < -0.39 is 0 Å². The smallest absolute Gasteiger partial charge is 0.283 e. The van der Waals surface area contributed by atoms with E-state index in [1.807, 2.05) is 17.5 Å². The summed E-state index contributed by atoms with van der Waals surface area (Å²) in [7, 11) is 1.53. The summed E-state index contributed by atoms with van der Waals surface area (Å²) in [4.78, 5) is 31.1. The summed E-state index contributed by atoms with van der Waals surface area (Å²) < 4.78 is 5.16. The molecule has 5 nitrogen and oxygen atoms in total. The van der Waals surface area contributed by atoms with E-state index in [-0.39, 0.29) is 17.4 Å². The minimum absolute atomic E-state index is 0.00792. The van der Waals surface area contributed by atoms with Crippen molar-refractivity contribution >= 4 is 63.3 Å². The number of ether oxygens (including phenoxy) is 1. The molecular formula is C18H15ClN2O3S2. The fraction of sp³-hybridized carbons (Fsp3) is 0.167. The molecule has 1 aromatic carbocycles. The average molecular weight is 407 g/mol. The minimum atomic E-state index is -0.259. The second kappa shape index (κ2) is 8.07. The number of halogens is 1. The first kappa shape index (κ1) is 18.7. The van der Waals surface area contributed by atoms with Gasteiger partial charge in [0, 0.05) is 4.88 Å². The number of hydrogen-bond donors (Lipinski definition) is 0. The van der Waals surface area contributed by atoms with Gasteiger partial charge in [0.25, 0.3) is 5.91 Å². The zero-order chi connectivity index (χ0) is 18.7. The van der Waals surface area contributed by atoms with Gasteiger partial charge in [-0.1, -0.05) is 29.4 Å². The van der Waals surface area contributed by atoms with Gasteiger partial charge in [0.2, 0.25) is 0 Å². The highest BCUT2D eigenvalue weighted by molar-refractivity contribution is 8.14. The van der Waals surface area contributed by atoms with Gasteiger partial charge in [-0.3, -0.25) is 14.5 Å². The van der Waals surface area contributed by atoms with E-state index in [0.717, 1.165) is 4.88 Å². The summed E-state index contributed by atoms with van der Waals surface area (Å²) in [6, 6.07) is 8.90. The third-order valence-electron chi connectivity index (χ3n) is 3.45. The van der Waals surface area contributed by atoms with Gasteiger partial charge < -0.3 is 4.74 Å². The molecule has 3 rings (SSSR count).